The van der Waals surface area contributed by atoms with Crippen LogP contribution in [0.2, 0.25) is 0 Å². The Bertz CT molecular complexity index is 2000. The minimum absolute atomic E-state index is 0.281. The van der Waals surface area contributed by atoms with Gasteiger partial charge in [-0.15, -0.1) is 0 Å². The van der Waals surface area contributed by atoms with Crippen molar-refractivity contribution in [3.05, 3.63) is 179 Å². The third kappa shape index (κ3) is 4.42. The van der Waals surface area contributed by atoms with Crippen LogP contribution >= 0.6 is 0 Å². The fourth-order valence-corrected chi connectivity index (χ4v) is 7.12. The molecule has 0 fully saturated rings. The molecule has 5 aromatic carbocycles. The Morgan fingerprint density at radius 1 is 0.500 bits per heavy atom. The van der Waals surface area contributed by atoms with Crippen molar-refractivity contribution in [2.75, 3.05) is 9.80 Å². The Kier molecular flexibility index (Phi) is 6.42. The molecule has 0 bridgehead atoms. The molecule has 2 unspecified atom stereocenters. The molecule has 2 heteroatoms. The summed E-state index contributed by atoms with van der Waals surface area (Å²) < 4.78 is 0. The average Bonchev–Trinajstić information content (AvgIpc) is 3.06. The molecule has 0 aliphatic heterocycles. The molecule has 2 nitrogen and oxygen atoms in total. The highest BCUT2D eigenvalue weighted by Gasteiger charge is 2.37. The number of allylic oxidation sites excluding steroid dienone is 6. The van der Waals surface area contributed by atoms with Crippen molar-refractivity contribution in [3.8, 4) is 0 Å². The maximum atomic E-state index is 2.44. The summed E-state index contributed by atoms with van der Waals surface area (Å²) >= 11 is 0. The molecule has 0 heterocycles. The van der Waals surface area contributed by atoms with E-state index in [2.05, 4.69) is 181 Å². The van der Waals surface area contributed by atoms with E-state index in [1.54, 1.807) is 0 Å². The molecule has 2 atom stereocenters. The maximum absolute atomic E-state index is 2.44. The first-order chi connectivity index (χ1) is 21.7. The summed E-state index contributed by atoms with van der Waals surface area (Å²) in [5, 5.41) is 0. The summed E-state index contributed by atoms with van der Waals surface area (Å²) in [5.41, 5.74) is 14.8. The van der Waals surface area contributed by atoms with E-state index in [4.69, 9.17) is 0 Å². The van der Waals surface area contributed by atoms with Crippen LogP contribution in [0.15, 0.2) is 151 Å². The molecule has 0 N–H and O–H groups in total. The molecule has 44 heavy (non-hydrogen) atoms. The standard InChI is InChI=1S/C42H34N2/c1-29-12-9-20-35(26-29)43(33-16-5-3-6-17-33)39-28-40(44(34-18-7-4-8-19-34)36-21-10-13-30(2)27-36)38-25-23-32-15-11-14-31-22-24-37(39)42(38)41(31)32/h3-28,31,41H,1-2H3. The van der Waals surface area contributed by atoms with Gasteiger partial charge in [-0.25, -0.2) is 0 Å². The van der Waals surface area contributed by atoms with Crippen LogP contribution in [0.3, 0.4) is 0 Å². The van der Waals surface area contributed by atoms with Crippen LogP contribution in [0.4, 0.5) is 34.1 Å². The number of para-hydroxylation sites is 2. The third-order valence-corrected chi connectivity index (χ3v) is 9.04. The van der Waals surface area contributed by atoms with Crippen LogP contribution in [0.25, 0.3) is 12.2 Å². The maximum Gasteiger partial charge on any atom is 0.0558 e. The summed E-state index contributed by atoms with van der Waals surface area (Å²) in [7, 11) is 0. The summed E-state index contributed by atoms with van der Waals surface area (Å²) in [5.74, 6) is 0.617. The van der Waals surface area contributed by atoms with Crippen molar-refractivity contribution in [3.63, 3.8) is 0 Å². The highest BCUT2D eigenvalue weighted by molar-refractivity contribution is 5.96. The van der Waals surface area contributed by atoms with Gasteiger partial charge in [0.2, 0.25) is 0 Å². The monoisotopic (exact) mass is 566 g/mol. The molecule has 0 saturated heterocycles. The van der Waals surface area contributed by atoms with Gasteiger partial charge in [0, 0.05) is 45.7 Å². The molecule has 0 radical (unpaired) electrons. The number of hydrogen-bond acceptors (Lipinski definition) is 2. The normalized spacial score (nSPS) is 17.2. The fraction of sp³-hybridized carbons (Fsp3) is 0.0952. The summed E-state index contributed by atoms with van der Waals surface area (Å²) in [6, 6.07) is 41.7. The fourth-order valence-electron chi connectivity index (χ4n) is 7.12. The second-order valence-corrected chi connectivity index (χ2v) is 12.0. The topological polar surface area (TPSA) is 6.48 Å². The molecule has 0 spiro atoms. The third-order valence-electron chi connectivity index (χ3n) is 9.04. The van der Waals surface area contributed by atoms with E-state index < -0.39 is 0 Å². The van der Waals surface area contributed by atoms with Crippen LogP contribution in [-0.4, -0.2) is 0 Å². The first kappa shape index (κ1) is 26.3. The zero-order chi connectivity index (χ0) is 29.6. The van der Waals surface area contributed by atoms with Crippen molar-refractivity contribution in [2.24, 2.45) is 5.92 Å². The summed E-state index contributed by atoms with van der Waals surface area (Å²) in [4.78, 5) is 4.88. The lowest BCUT2D eigenvalue weighted by molar-refractivity contribution is 0.664. The van der Waals surface area contributed by atoms with Gasteiger partial charge in [0.15, 0.2) is 0 Å². The van der Waals surface area contributed by atoms with E-state index in [1.807, 2.05) is 0 Å². The molecule has 8 rings (SSSR count). The second kappa shape index (κ2) is 10.7. The van der Waals surface area contributed by atoms with Crippen molar-refractivity contribution in [2.45, 2.75) is 19.8 Å². The van der Waals surface area contributed by atoms with E-state index in [1.165, 1.54) is 44.8 Å². The molecule has 0 aromatic heterocycles. The Labute approximate surface area is 260 Å². The Hall–Kier alpha value is -5.34. The first-order valence-corrected chi connectivity index (χ1v) is 15.4. The zero-order valence-corrected chi connectivity index (χ0v) is 25.1. The van der Waals surface area contributed by atoms with Gasteiger partial charge in [0.1, 0.15) is 0 Å². The molecule has 0 saturated carbocycles. The van der Waals surface area contributed by atoms with Gasteiger partial charge < -0.3 is 9.80 Å². The SMILES string of the molecule is Cc1cccc(N(c2ccccc2)c2cc(N(c3ccccc3)c3cccc(C)c3)c3c4c2C=CC2=CC=CC(C=C3)C24)c1. The minimum Gasteiger partial charge on any atom is -0.310 e. The summed E-state index contributed by atoms with van der Waals surface area (Å²) in [6.45, 7) is 4.34. The van der Waals surface area contributed by atoms with Gasteiger partial charge in [0.25, 0.3) is 0 Å². The van der Waals surface area contributed by atoms with Gasteiger partial charge in [0.05, 0.1) is 11.4 Å². The highest BCUT2D eigenvalue weighted by atomic mass is 15.2. The quantitative estimate of drug-likeness (QED) is 0.202. The molecule has 3 aliphatic rings. The largest absolute Gasteiger partial charge is 0.310 e. The van der Waals surface area contributed by atoms with Gasteiger partial charge in [-0.2, -0.15) is 0 Å². The first-order valence-electron chi connectivity index (χ1n) is 15.4. The number of rotatable bonds is 6. The van der Waals surface area contributed by atoms with E-state index in [0.29, 0.717) is 5.92 Å². The molecule has 3 aliphatic carbocycles. The minimum atomic E-state index is 0.281. The average molecular weight is 567 g/mol. The van der Waals surface area contributed by atoms with Crippen LogP contribution in [0.5, 0.6) is 0 Å². The molecular weight excluding hydrogens is 532 g/mol. The number of benzene rings is 5. The lowest BCUT2D eigenvalue weighted by atomic mass is 9.68. The van der Waals surface area contributed by atoms with E-state index in [-0.39, 0.29) is 5.92 Å². The van der Waals surface area contributed by atoms with Crippen LogP contribution in [0.1, 0.15) is 33.7 Å². The van der Waals surface area contributed by atoms with Gasteiger partial charge >= 0.3 is 0 Å². The Morgan fingerprint density at radius 3 is 1.61 bits per heavy atom. The molecule has 5 aromatic rings. The van der Waals surface area contributed by atoms with Crippen molar-refractivity contribution >= 4 is 46.3 Å². The predicted molar refractivity (Wildman–Crippen MR) is 187 cm³/mol. The van der Waals surface area contributed by atoms with Gasteiger partial charge in [-0.1, -0.05) is 103 Å². The van der Waals surface area contributed by atoms with Crippen LogP contribution in [0, 0.1) is 19.8 Å². The zero-order valence-electron chi connectivity index (χ0n) is 25.1. The number of nitrogens with zero attached hydrogens (tertiary/aromatic N) is 2. The Morgan fingerprint density at radius 2 is 1.05 bits per heavy atom. The highest BCUT2D eigenvalue weighted by Crippen LogP contribution is 2.55. The van der Waals surface area contributed by atoms with Crippen molar-refractivity contribution in [1.29, 1.82) is 0 Å². The molecule has 212 valence electrons. The van der Waals surface area contributed by atoms with Gasteiger partial charge in [-0.05, 0) is 90.7 Å². The number of aryl methyl sites for hydroxylation is 2. The lowest BCUT2D eigenvalue weighted by Crippen LogP contribution is -2.25. The number of hydrogen-bond donors (Lipinski definition) is 0. The number of anilines is 6. The van der Waals surface area contributed by atoms with Crippen molar-refractivity contribution < 1.29 is 0 Å². The Balaban J connectivity index is 1.48. The van der Waals surface area contributed by atoms with Crippen LogP contribution in [-0.2, 0) is 0 Å². The molecular formula is C42H34N2. The van der Waals surface area contributed by atoms with E-state index in [9.17, 15) is 0 Å². The van der Waals surface area contributed by atoms with Gasteiger partial charge in [-0.3, -0.25) is 0 Å². The second-order valence-electron chi connectivity index (χ2n) is 12.0. The molecule has 0 amide bonds. The predicted octanol–water partition coefficient (Wildman–Crippen LogP) is 11.5. The smallest absolute Gasteiger partial charge is 0.0558 e. The lowest BCUT2D eigenvalue weighted by Gasteiger charge is -2.40. The summed E-state index contributed by atoms with van der Waals surface area (Å²) in [6.07, 6.45) is 16.3. The van der Waals surface area contributed by atoms with E-state index in [0.717, 1.165) is 22.7 Å². The van der Waals surface area contributed by atoms with E-state index >= 15 is 0 Å². The van der Waals surface area contributed by atoms with Crippen molar-refractivity contribution in [1.82, 2.24) is 0 Å². The van der Waals surface area contributed by atoms with Crippen LogP contribution < -0.4 is 9.80 Å².